The summed E-state index contributed by atoms with van der Waals surface area (Å²) < 4.78 is 0.986. The van der Waals surface area contributed by atoms with Gasteiger partial charge in [-0.05, 0) is 36.4 Å². The maximum absolute atomic E-state index is 11.6. The van der Waals surface area contributed by atoms with E-state index in [0.29, 0.717) is 5.69 Å². The minimum absolute atomic E-state index is 0.137. The Morgan fingerprint density at radius 1 is 1.20 bits per heavy atom. The Labute approximate surface area is 95.6 Å². The van der Waals surface area contributed by atoms with Crippen molar-refractivity contribution in [1.29, 1.82) is 0 Å². The van der Waals surface area contributed by atoms with Crippen LogP contribution in [0.4, 0.5) is 5.69 Å². The average Bonchev–Trinajstić information content (AvgIpc) is 2.74. The normalized spacial score (nSPS) is 9.93. The van der Waals surface area contributed by atoms with Crippen LogP contribution in [0.15, 0.2) is 47.1 Å². The summed E-state index contributed by atoms with van der Waals surface area (Å²) in [7, 11) is 0. The Hall–Kier alpha value is -1.55. The van der Waals surface area contributed by atoms with Crippen LogP contribution in [-0.4, -0.2) is 10.9 Å². The number of nitrogens with one attached hydrogen (secondary N) is 2. The molecule has 0 unspecified atom stereocenters. The number of carbonyl (C=O) groups is 1. The molecule has 0 bridgehead atoms. The molecule has 1 aromatic carbocycles. The minimum Gasteiger partial charge on any atom is -0.357 e. The quantitative estimate of drug-likeness (QED) is 0.861. The zero-order chi connectivity index (χ0) is 10.7. The Morgan fingerprint density at radius 2 is 1.93 bits per heavy atom. The van der Waals surface area contributed by atoms with Crippen LogP contribution < -0.4 is 5.32 Å². The van der Waals surface area contributed by atoms with Crippen molar-refractivity contribution >= 4 is 27.5 Å². The third-order valence-electron chi connectivity index (χ3n) is 1.94. The molecule has 0 saturated carbocycles. The van der Waals surface area contributed by atoms with Crippen molar-refractivity contribution < 1.29 is 4.79 Å². The Kier molecular flexibility index (Phi) is 2.87. The van der Waals surface area contributed by atoms with Crippen molar-refractivity contribution in [2.75, 3.05) is 5.32 Å². The number of hydrogen-bond donors (Lipinski definition) is 2. The van der Waals surface area contributed by atoms with Gasteiger partial charge in [-0.3, -0.25) is 4.79 Å². The number of aromatic nitrogens is 1. The minimum atomic E-state index is -0.137. The van der Waals surface area contributed by atoms with Gasteiger partial charge in [0.2, 0.25) is 0 Å². The molecule has 1 amide bonds. The van der Waals surface area contributed by atoms with Crippen LogP contribution in [0.5, 0.6) is 0 Å². The van der Waals surface area contributed by atoms with Gasteiger partial charge in [0.05, 0.1) is 0 Å². The number of aromatic amines is 1. The van der Waals surface area contributed by atoms with Crippen LogP contribution in [0.1, 0.15) is 10.5 Å². The van der Waals surface area contributed by atoms with Crippen molar-refractivity contribution in [1.82, 2.24) is 4.98 Å². The SMILES string of the molecule is O=C(Nc1ccc(Br)cc1)c1ccc[nH]1. The summed E-state index contributed by atoms with van der Waals surface area (Å²) in [6.45, 7) is 0. The standard InChI is InChI=1S/C11H9BrN2O/c12-8-3-5-9(6-4-8)14-11(15)10-2-1-7-13-10/h1-7,13H,(H,14,15). The lowest BCUT2D eigenvalue weighted by Crippen LogP contribution is -2.11. The first-order chi connectivity index (χ1) is 7.25. The maximum atomic E-state index is 11.6. The fourth-order valence-electron chi connectivity index (χ4n) is 1.20. The van der Waals surface area contributed by atoms with E-state index in [1.54, 1.807) is 18.3 Å². The fraction of sp³-hybridized carbons (Fsp3) is 0. The molecule has 15 heavy (non-hydrogen) atoms. The lowest BCUT2D eigenvalue weighted by Gasteiger charge is -2.03. The average molecular weight is 265 g/mol. The molecular formula is C11H9BrN2O. The van der Waals surface area contributed by atoms with Crippen LogP contribution in [-0.2, 0) is 0 Å². The summed E-state index contributed by atoms with van der Waals surface area (Å²) >= 11 is 3.33. The molecule has 0 spiro atoms. The van der Waals surface area contributed by atoms with Crippen LogP contribution in [0.3, 0.4) is 0 Å². The molecule has 2 rings (SSSR count). The predicted molar refractivity (Wildman–Crippen MR) is 62.9 cm³/mol. The van der Waals surface area contributed by atoms with Crippen LogP contribution in [0.2, 0.25) is 0 Å². The Bertz CT molecular complexity index is 448. The van der Waals surface area contributed by atoms with Crippen molar-refractivity contribution in [3.8, 4) is 0 Å². The number of carbonyl (C=O) groups excluding carboxylic acids is 1. The molecule has 0 aliphatic rings. The van der Waals surface area contributed by atoms with Crippen molar-refractivity contribution in [3.63, 3.8) is 0 Å². The number of rotatable bonds is 2. The molecule has 1 heterocycles. The molecule has 2 aromatic rings. The summed E-state index contributed by atoms with van der Waals surface area (Å²) in [6, 6.07) is 11.0. The monoisotopic (exact) mass is 264 g/mol. The van der Waals surface area contributed by atoms with Gasteiger partial charge in [0.25, 0.3) is 5.91 Å². The number of benzene rings is 1. The van der Waals surface area contributed by atoms with Gasteiger partial charge in [-0.1, -0.05) is 15.9 Å². The van der Waals surface area contributed by atoms with Gasteiger partial charge in [-0.15, -0.1) is 0 Å². The molecule has 0 atom stereocenters. The molecule has 1 aromatic heterocycles. The van der Waals surface area contributed by atoms with E-state index in [-0.39, 0.29) is 5.91 Å². The summed E-state index contributed by atoms with van der Waals surface area (Å²) in [6.07, 6.45) is 1.72. The highest BCUT2D eigenvalue weighted by Gasteiger charge is 2.05. The van der Waals surface area contributed by atoms with Gasteiger partial charge in [0, 0.05) is 16.4 Å². The highest BCUT2D eigenvalue weighted by atomic mass is 79.9. The Morgan fingerprint density at radius 3 is 2.53 bits per heavy atom. The lowest BCUT2D eigenvalue weighted by atomic mass is 10.3. The summed E-state index contributed by atoms with van der Waals surface area (Å²) in [4.78, 5) is 14.5. The zero-order valence-corrected chi connectivity index (χ0v) is 9.41. The lowest BCUT2D eigenvalue weighted by molar-refractivity contribution is 0.102. The van der Waals surface area contributed by atoms with E-state index in [0.717, 1.165) is 10.2 Å². The van der Waals surface area contributed by atoms with E-state index in [1.165, 1.54) is 0 Å². The first-order valence-corrected chi connectivity index (χ1v) is 5.25. The molecule has 0 fully saturated rings. The number of hydrogen-bond acceptors (Lipinski definition) is 1. The van der Waals surface area contributed by atoms with E-state index < -0.39 is 0 Å². The van der Waals surface area contributed by atoms with Gasteiger partial charge >= 0.3 is 0 Å². The molecule has 4 heteroatoms. The molecule has 2 N–H and O–H groups in total. The number of anilines is 1. The van der Waals surface area contributed by atoms with E-state index in [9.17, 15) is 4.79 Å². The van der Waals surface area contributed by atoms with E-state index in [2.05, 4.69) is 26.2 Å². The maximum Gasteiger partial charge on any atom is 0.272 e. The smallest absolute Gasteiger partial charge is 0.272 e. The number of halogens is 1. The predicted octanol–water partition coefficient (Wildman–Crippen LogP) is 3.03. The first kappa shape index (κ1) is 9.98. The molecule has 3 nitrogen and oxygen atoms in total. The second kappa shape index (κ2) is 4.31. The summed E-state index contributed by atoms with van der Waals surface area (Å²) in [5.41, 5.74) is 1.33. The zero-order valence-electron chi connectivity index (χ0n) is 7.83. The number of amides is 1. The van der Waals surface area contributed by atoms with Crippen LogP contribution in [0.25, 0.3) is 0 Å². The fourth-order valence-corrected chi connectivity index (χ4v) is 1.47. The van der Waals surface area contributed by atoms with E-state index >= 15 is 0 Å². The molecule has 0 saturated heterocycles. The van der Waals surface area contributed by atoms with Gasteiger partial charge in [0.15, 0.2) is 0 Å². The van der Waals surface area contributed by atoms with E-state index in [4.69, 9.17) is 0 Å². The van der Waals surface area contributed by atoms with Crippen LogP contribution in [0, 0.1) is 0 Å². The molecule has 0 aliphatic carbocycles. The van der Waals surface area contributed by atoms with Crippen molar-refractivity contribution in [2.45, 2.75) is 0 Å². The van der Waals surface area contributed by atoms with Gasteiger partial charge in [-0.2, -0.15) is 0 Å². The van der Waals surface area contributed by atoms with Gasteiger partial charge in [-0.25, -0.2) is 0 Å². The van der Waals surface area contributed by atoms with Gasteiger partial charge in [0.1, 0.15) is 5.69 Å². The third kappa shape index (κ3) is 2.47. The van der Waals surface area contributed by atoms with Crippen molar-refractivity contribution in [2.24, 2.45) is 0 Å². The summed E-state index contributed by atoms with van der Waals surface area (Å²) in [5, 5.41) is 2.78. The molecular weight excluding hydrogens is 256 g/mol. The Balaban J connectivity index is 2.09. The first-order valence-electron chi connectivity index (χ1n) is 4.46. The highest BCUT2D eigenvalue weighted by Crippen LogP contribution is 2.14. The van der Waals surface area contributed by atoms with Crippen molar-refractivity contribution in [3.05, 3.63) is 52.8 Å². The molecule has 76 valence electrons. The topological polar surface area (TPSA) is 44.9 Å². The summed E-state index contributed by atoms with van der Waals surface area (Å²) in [5.74, 6) is -0.137. The van der Waals surface area contributed by atoms with Crippen LogP contribution >= 0.6 is 15.9 Å². The van der Waals surface area contributed by atoms with Gasteiger partial charge < -0.3 is 10.3 Å². The van der Waals surface area contributed by atoms with E-state index in [1.807, 2.05) is 24.3 Å². The highest BCUT2D eigenvalue weighted by molar-refractivity contribution is 9.10. The number of H-pyrrole nitrogens is 1. The second-order valence-electron chi connectivity index (χ2n) is 3.04. The third-order valence-corrected chi connectivity index (χ3v) is 2.47. The molecule has 0 radical (unpaired) electrons. The largest absolute Gasteiger partial charge is 0.357 e. The molecule has 0 aliphatic heterocycles. The second-order valence-corrected chi connectivity index (χ2v) is 3.96.